The summed E-state index contributed by atoms with van der Waals surface area (Å²) in [7, 11) is 0. The van der Waals surface area contributed by atoms with Gasteiger partial charge in [-0.1, -0.05) is 17.7 Å². The number of hydrogen-bond acceptors (Lipinski definition) is 5. The Bertz CT molecular complexity index is 929. The Morgan fingerprint density at radius 3 is 2.89 bits per heavy atom. The van der Waals surface area contributed by atoms with Gasteiger partial charge >= 0.3 is 0 Å². The molecule has 1 N–H and O–H groups in total. The van der Waals surface area contributed by atoms with Crippen molar-refractivity contribution in [1.29, 1.82) is 0 Å². The molecular weight excluding hydrogens is 374 g/mol. The molecule has 1 atom stereocenters. The number of nitrogens with zero attached hydrogens (tertiary/aromatic N) is 2. The van der Waals surface area contributed by atoms with Gasteiger partial charge in [0.15, 0.2) is 0 Å². The number of carbonyl (C=O) groups is 1. The molecule has 1 aromatic carbocycles. The highest BCUT2D eigenvalue weighted by molar-refractivity contribution is 7.10. The summed E-state index contributed by atoms with van der Waals surface area (Å²) in [6.45, 7) is 6.21. The monoisotopic (exact) mass is 397 g/mol. The third-order valence-electron chi connectivity index (χ3n) is 5.02. The van der Waals surface area contributed by atoms with Crippen molar-refractivity contribution in [1.82, 2.24) is 9.88 Å². The van der Waals surface area contributed by atoms with Crippen LogP contribution in [-0.2, 0) is 24.2 Å². The number of fused-ring (bicyclic) bond motifs is 1. The van der Waals surface area contributed by atoms with Gasteiger partial charge in [0, 0.05) is 35.1 Å². The van der Waals surface area contributed by atoms with Crippen LogP contribution < -0.4 is 5.32 Å². The zero-order chi connectivity index (χ0) is 18.8. The fourth-order valence-electron chi connectivity index (χ4n) is 3.47. The van der Waals surface area contributed by atoms with E-state index in [1.807, 2.05) is 42.5 Å². The van der Waals surface area contributed by atoms with E-state index in [9.17, 15) is 4.79 Å². The minimum absolute atomic E-state index is 0.0194. The molecule has 1 amide bonds. The first kappa shape index (κ1) is 18.3. The third-order valence-corrected chi connectivity index (χ3v) is 6.91. The maximum absolute atomic E-state index is 12.3. The number of hydrogen-bond donors (Lipinski definition) is 1. The summed E-state index contributed by atoms with van der Waals surface area (Å²) in [5.74, 6) is -0.0194. The Morgan fingerprint density at radius 2 is 2.07 bits per heavy atom. The molecule has 27 heavy (non-hydrogen) atoms. The maximum Gasteiger partial charge on any atom is 0.231 e. The average molecular weight is 398 g/mol. The van der Waals surface area contributed by atoms with Crippen LogP contribution in [0.2, 0.25) is 0 Å². The SMILES string of the molecule is Cc1ccc(NC(=O)Cc2nc(CN3CCc4sccc4[C@@H]3C)cs2)cc1. The molecule has 4 rings (SSSR count). The van der Waals surface area contributed by atoms with Gasteiger partial charge in [0.1, 0.15) is 5.01 Å². The number of aromatic nitrogens is 1. The molecule has 0 aliphatic carbocycles. The Balaban J connectivity index is 1.35. The van der Waals surface area contributed by atoms with Gasteiger partial charge in [-0.3, -0.25) is 9.69 Å². The fourth-order valence-corrected chi connectivity index (χ4v) is 5.21. The Labute approximate surface area is 167 Å². The van der Waals surface area contributed by atoms with E-state index in [0.717, 1.165) is 35.9 Å². The number of carbonyl (C=O) groups excluding carboxylic acids is 1. The lowest BCUT2D eigenvalue weighted by Gasteiger charge is -2.32. The molecule has 0 spiro atoms. The van der Waals surface area contributed by atoms with Crippen LogP contribution in [0, 0.1) is 6.92 Å². The zero-order valence-corrected chi connectivity index (χ0v) is 17.2. The van der Waals surface area contributed by atoms with Crippen molar-refractivity contribution >= 4 is 34.3 Å². The van der Waals surface area contributed by atoms with Crippen LogP contribution in [0.3, 0.4) is 0 Å². The summed E-state index contributed by atoms with van der Waals surface area (Å²) >= 11 is 3.44. The van der Waals surface area contributed by atoms with Gasteiger partial charge in [-0.05, 0) is 49.4 Å². The lowest BCUT2D eigenvalue weighted by Crippen LogP contribution is -2.32. The summed E-state index contributed by atoms with van der Waals surface area (Å²) in [4.78, 5) is 21.0. The van der Waals surface area contributed by atoms with E-state index in [1.54, 1.807) is 11.3 Å². The summed E-state index contributed by atoms with van der Waals surface area (Å²) in [5, 5.41) is 8.09. The number of rotatable bonds is 5. The molecular formula is C21H23N3OS2. The lowest BCUT2D eigenvalue weighted by atomic mass is 10.0. The van der Waals surface area contributed by atoms with Gasteiger partial charge in [0.25, 0.3) is 0 Å². The van der Waals surface area contributed by atoms with Gasteiger partial charge in [-0.2, -0.15) is 0 Å². The molecule has 6 heteroatoms. The highest BCUT2D eigenvalue weighted by atomic mass is 32.1. The van der Waals surface area contributed by atoms with E-state index in [0.29, 0.717) is 12.5 Å². The number of aryl methyl sites for hydroxylation is 1. The normalized spacial score (nSPS) is 16.9. The summed E-state index contributed by atoms with van der Waals surface area (Å²) in [6.07, 6.45) is 1.44. The van der Waals surface area contributed by atoms with Crippen LogP contribution in [0.1, 0.15) is 39.7 Å². The molecule has 140 valence electrons. The van der Waals surface area contributed by atoms with E-state index in [2.05, 4.69) is 34.0 Å². The minimum atomic E-state index is -0.0194. The summed E-state index contributed by atoms with van der Waals surface area (Å²) < 4.78 is 0. The number of nitrogens with one attached hydrogen (secondary N) is 1. The predicted octanol–water partition coefficient (Wildman–Crippen LogP) is 4.81. The Morgan fingerprint density at radius 1 is 1.26 bits per heavy atom. The number of thiophene rings is 1. The fraction of sp³-hybridized carbons (Fsp3) is 0.333. The standard InChI is InChI=1S/C21H23N3OS2/c1-14-3-5-16(6-4-14)22-20(25)11-21-23-17(13-27-21)12-24-9-7-19-18(15(24)2)8-10-26-19/h3-6,8,10,13,15H,7,9,11-12H2,1-2H3,(H,22,25)/t15-/m0/s1. The van der Waals surface area contributed by atoms with Crippen LogP contribution >= 0.6 is 22.7 Å². The van der Waals surface area contributed by atoms with Gasteiger partial charge in [-0.15, -0.1) is 22.7 Å². The molecule has 1 aliphatic rings. The summed E-state index contributed by atoms with van der Waals surface area (Å²) in [6, 6.07) is 10.5. The van der Waals surface area contributed by atoms with Crippen LogP contribution in [0.25, 0.3) is 0 Å². The topological polar surface area (TPSA) is 45.2 Å². The minimum Gasteiger partial charge on any atom is -0.326 e. The first-order chi connectivity index (χ1) is 13.1. The third kappa shape index (κ3) is 4.29. The van der Waals surface area contributed by atoms with Crippen LogP contribution in [0.4, 0.5) is 5.69 Å². The van der Waals surface area contributed by atoms with Crippen molar-refractivity contribution in [2.45, 2.75) is 39.3 Å². The van der Waals surface area contributed by atoms with E-state index in [-0.39, 0.29) is 5.91 Å². The van der Waals surface area contributed by atoms with E-state index < -0.39 is 0 Å². The lowest BCUT2D eigenvalue weighted by molar-refractivity contribution is -0.115. The van der Waals surface area contributed by atoms with Crippen LogP contribution in [-0.4, -0.2) is 22.3 Å². The summed E-state index contributed by atoms with van der Waals surface area (Å²) in [5.41, 5.74) is 4.53. The molecule has 0 saturated carbocycles. The number of benzene rings is 1. The first-order valence-corrected chi connectivity index (χ1v) is 10.9. The molecule has 4 nitrogen and oxygen atoms in total. The van der Waals surface area contributed by atoms with E-state index in [1.165, 1.54) is 16.0 Å². The van der Waals surface area contributed by atoms with E-state index >= 15 is 0 Å². The van der Waals surface area contributed by atoms with Crippen LogP contribution in [0.5, 0.6) is 0 Å². The number of anilines is 1. The molecule has 2 aromatic heterocycles. The molecule has 1 aliphatic heterocycles. The quantitative estimate of drug-likeness (QED) is 0.672. The predicted molar refractivity (Wildman–Crippen MR) is 112 cm³/mol. The molecule has 0 bridgehead atoms. The van der Waals surface area contributed by atoms with Gasteiger partial charge in [-0.25, -0.2) is 4.98 Å². The largest absolute Gasteiger partial charge is 0.326 e. The number of amides is 1. The Hall–Kier alpha value is -2.02. The molecule has 0 unspecified atom stereocenters. The van der Waals surface area contributed by atoms with Gasteiger partial charge in [0.2, 0.25) is 5.91 Å². The highest BCUT2D eigenvalue weighted by Crippen LogP contribution is 2.33. The molecule has 3 aromatic rings. The smallest absolute Gasteiger partial charge is 0.231 e. The van der Waals surface area contributed by atoms with Crippen molar-refractivity contribution in [2.75, 3.05) is 11.9 Å². The molecule has 3 heterocycles. The molecule has 0 radical (unpaired) electrons. The first-order valence-electron chi connectivity index (χ1n) is 9.18. The van der Waals surface area contributed by atoms with E-state index in [4.69, 9.17) is 4.98 Å². The van der Waals surface area contributed by atoms with Crippen molar-refractivity contribution in [3.63, 3.8) is 0 Å². The molecule has 0 saturated heterocycles. The van der Waals surface area contributed by atoms with Crippen molar-refractivity contribution in [2.24, 2.45) is 0 Å². The van der Waals surface area contributed by atoms with Gasteiger partial charge in [0.05, 0.1) is 12.1 Å². The second-order valence-corrected chi connectivity index (χ2v) is 8.96. The van der Waals surface area contributed by atoms with Crippen molar-refractivity contribution in [3.8, 4) is 0 Å². The molecule has 0 fully saturated rings. The van der Waals surface area contributed by atoms with Crippen molar-refractivity contribution in [3.05, 3.63) is 67.8 Å². The second-order valence-electron chi connectivity index (χ2n) is 7.02. The Kier molecular flexibility index (Phi) is 5.38. The zero-order valence-electron chi connectivity index (χ0n) is 15.6. The number of thiazole rings is 1. The van der Waals surface area contributed by atoms with Crippen molar-refractivity contribution < 1.29 is 4.79 Å². The highest BCUT2D eigenvalue weighted by Gasteiger charge is 2.25. The average Bonchev–Trinajstić information content (AvgIpc) is 3.29. The van der Waals surface area contributed by atoms with Crippen LogP contribution in [0.15, 0.2) is 41.1 Å². The maximum atomic E-state index is 12.3. The van der Waals surface area contributed by atoms with Gasteiger partial charge < -0.3 is 5.32 Å². The second kappa shape index (κ2) is 7.92.